The number of benzene rings is 1. The van der Waals surface area contributed by atoms with E-state index in [9.17, 15) is 0 Å². The molecular formula is C19H32N2. The summed E-state index contributed by atoms with van der Waals surface area (Å²) < 4.78 is 0. The Bertz CT molecular complexity index is 421. The molecular weight excluding hydrogens is 256 g/mol. The summed E-state index contributed by atoms with van der Waals surface area (Å²) >= 11 is 0. The van der Waals surface area contributed by atoms with Crippen molar-refractivity contribution in [2.45, 2.75) is 53.0 Å². The fourth-order valence-electron chi connectivity index (χ4n) is 3.88. The van der Waals surface area contributed by atoms with Gasteiger partial charge >= 0.3 is 0 Å². The van der Waals surface area contributed by atoms with Gasteiger partial charge in [-0.25, -0.2) is 0 Å². The smallest absolute Gasteiger partial charge is 0.0368 e. The molecule has 2 N–H and O–H groups in total. The Hall–Kier alpha value is -1.02. The van der Waals surface area contributed by atoms with Gasteiger partial charge in [-0.05, 0) is 62.1 Å². The van der Waals surface area contributed by atoms with Crippen LogP contribution in [0.1, 0.15) is 47.0 Å². The highest BCUT2D eigenvalue weighted by molar-refractivity contribution is 5.47. The lowest BCUT2D eigenvalue weighted by Gasteiger charge is -2.46. The van der Waals surface area contributed by atoms with Crippen LogP contribution < -0.4 is 10.6 Å². The van der Waals surface area contributed by atoms with Crippen LogP contribution in [0.3, 0.4) is 0 Å². The Balaban J connectivity index is 2.23. The van der Waals surface area contributed by atoms with Crippen LogP contribution in [0.15, 0.2) is 30.3 Å². The highest BCUT2D eigenvalue weighted by atomic mass is 15.2. The summed E-state index contributed by atoms with van der Waals surface area (Å²) in [6.45, 7) is 11.3. The average Bonchev–Trinajstić information content (AvgIpc) is 2.48. The van der Waals surface area contributed by atoms with Gasteiger partial charge in [-0.2, -0.15) is 0 Å². The first-order chi connectivity index (χ1) is 9.97. The van der Waals surface area contributed by atoms with Crippen molar-refractivity contribution in [3.05, 3.63) is 30.3 Å². The fourth-order valence-corrected chi connectivity index (χ4v) is 3.88. The van der Waals surface area contributed by atoms with Crippen LogP contribution in [-0.4, -0.2) is 19.1 Å². The zero-order valence-electron chi connectivity index (χ0n) is 14.2. The lowest BCUT2D eigenvalue weighted by atomic mass is 9.67. The number of hydrogen-bond donors (Lipinski definition) is 1. The molecule has 0 aromatic heterocycles. The molecule has 1 aromatic carbocycles. The van der Waals surface area contributed by atoms with E-state index in [1.807, 2.05) is 0 Å². The van der Waals surface area contributed by atoms with Gasteiger partial charge in [-0.1, -0.05) is 39.0 Å². The minimum atomic E-state index is 0.397. The van der Waals surface area contributed by atoms with E-state index in [1.54, 1.807) is 0 Å². The third kappa shape index (κ3) is 3.79. The predicted molar refractivity (Wildman–Crippen MR) is 92.6 cm³/mol. The van der Waals surface area contributed by atoms with Crippen molar-refractivity contribution >= 4 is 5.69 Å². The molecule has 1 saturated carbocycles. The number of anilines is 1. The van der Waals surface area contributed by atoms with Gasteiger partial charge < -0.3 is 10.6 Å². The SMILES string of the molecule is CCN(c1ccccc1)C1CC(C(C)(C)C)CCC1CN. The minimum Gasteiger partial charge on any atom is -0.368 e. The molecule has 1 aliphatic rings. The molecule has 1 aromatic rings. The molecule has 0 bridgehead atoms. The van der Waals surface area contributed by atoms with Crippen molar-refractivity contribution in [3.8, 4) is 0 Å². The molecule has 2 rings (SSSR count). The number of rotatable bonds is 4. The van der Waals surface area contributed by atoms with Gasteiger partial charge in [0.05, 0.1) is 0 Å². The quantitative estimate of drug-likeness (QED) is 0.895. The Kier molecular flexibility index (Phi) is 5.32. The lowest BCUT2D eigenvalue weighted by molar-refractivity contribution is 0.131. The first-order valence-electron chi connectivity index (χ1n) is 8.49. The summed E-state index contributed by atoms with van der Waals surface area (Å²) in [5, 5.41) is 0. The Labute approximate surface area is 130 Å². The first-order valence-corrected chi connectivity index (χ1v) is 8.49. The molecule has 3 atom stereocenters. The van der Waals surface area contributed by atoms with E-state index in [4.69, 9.17) is 5.73 Å². The summed E-state index contributed by atoms with van der Waals surface area (Å²) in [7, 11) is 0. The lowest BCUT2D eigenvalue weighted by Crippen LogP contribution is -2.48. The van der Waals surface area contributed by atoms with Crippen LogP contribution in [-0.2, 0) is 0 Å². The summed E-state index contributed by atoms with van der Waals surface area (Å²) in [5.74, 6) is 1.42. The van der Waals surface area contributed by atoms with E-state index in [2.05, 4.69) is 62.9 Å². The Morgan fingerprint density at radius 2 is 1.81 bits per heavy atom. The van der Waals surface area contributed by atoms with Gasteiger partial charge in [0, 0.05) is 18.3 Å². The van der Waals surface area contributed by atoms with Crippen LogP contribution >= 0.6 is 0 Å². The fraction of sp³-hybridized carbons (Fsp3) is 0.684. The molecule has 2 nitrogen and oxygen atoms in total. The predicted octanol–water partition coefficient (Wildman–Crippen LogP) is 4.30. The molecule has 1 fully saturated rings. The van der Waals surface area contributed by atoms with E-state index in [0.717, 1.165) is 19.0 Å². The van der Waals surface area contributed by atoms with E-state index in [-0.39, 0.29) is 0 Å². The molecule has 21 heavy (non-hydrogen) atoms. The van der Waals surface area contributed by atoms with Crippen molar-refractivity contribution < 1.29 is 0 Å². The second-order valence-corrected chi connectivity index (χ2v) is 7.56. The molecule has 118 valence electrons. The van der Waals surface area contributed by atoms with Gasteiger partial charge in [-0.3, -0.25) is 0 Å². The van der Waals surface area contributed by atoms with Crippen molar-refractivity contribution in [1.29, 1.82) is 0 Å². The average molecular weight is 288 g/mol. The maximum atomic E-state index is 6.09. The van der Waals surface area contributed by atoms with Gasteiger partial charge in [0.15, 0.2) is 0 Å². The number of nitrogens with zero attached hydrogens (tertiary/aromatic N) is 1. The third-order valence-electron chi connectivity index (χ3n) is 5.31. The highest BCUT2D eigenvalue weighted by Crippen LogP contribution is 2.42. The van der Waals surface area contributed by atoms with Crippen LogP contribution in [0, 0.1) is 17.3 Å². The molecule has 0 aliphatic heterocycles. The monoisotopic (exact) mass is 288 g/mol. The standard InChI is InChI=1S/C19H32N2/c1-5-21(17-9-7-6-8-10-17)18-13-16(19(2,3)4)12-11-15(18)14-20/h6-10,15-16,18H,5,11-14,20H2,1-4H3. The molecule has 1 aliphatic carbocycles. The second kappa shape index (κ2) is 6.83. The molecule has 3 unspecified atom stereocenters. The molecule has 2 heteroatoms. The third-order valence-corrected chi connectivity index (χ3v) is 5.31. The van der Waals surface area contributed by atoms with Gasteiger partial charge in [0.1, 0.15) is 0 Å². The maximum absolute atomic E-state index is 6.09. The van der Waals surface area contributed by atoms with Crippen LogP contribution in [0.25, 0.3) is 0 Å². The largest absolute Gasteiger partial charge is 0.368 e. The highest BCUT2D eigenvalue weighted by Gasteiger charge is 2.37. The van der Waals surface area contributed by atoms with E-state index < -0.39 is 0 Å². The summed E-state index contributed by atoms with van der Waals surface area (Å²) in [6.07, 6.45) is 3.87. The Morgan fingerprint density at radius 3 is 2.33 bits per heavy atom. The van der Waals surface area contributed by atoms with Crippen molar-refractivity contribution in [3.63, 3.8) is 0 Å². The minimum absolute atomic E-state index is 0.397. The molecule has 0 spiro atoms. The van der Waals surface area contributed by atoms with E-state index >= 15 is 0 Å². The van der Waals surface area contributed by atoms with Gasteiger partial charge in [0.25, 0.3) is 0 Å². The van der Waals surface area contributed by atoms with Crippen LogP contribution in [0.4, 0.5) is 5.69 Å². The topological polar surface area (TPSA) is 29.3 Å². The zero-order valence-corrected chi connectivity index (χ0v) is 14.2. The first kappa shape index (κ1) is 16.4. The van der Waals surface area contributed by atoms with Gasteiger partial charge in [-0.15, -0.1) is 0 Å². The summed E-state index contributed by atoms with van der Waals surface area (Å²) in [6, 6.07) is 11.4. The van der Waals surface area contributed by atoms with Gasteiger partial charge in [0.2, 0.25) is 0 Å². The second-order valence-electron chi connectivity index (χ2n) is 7.56. The van der Waals surface area contributed by atoms with E-state index in [0.29, 0.717) is 17.4 Å². The zero-order chi connectivity index (χ0) is 15.5. The number of para-hydroxylation sites is 1. The molecule has 0 radical (unpaired) electrons. The van der Waals surface area contributed by atoms with Crippen LogP contribution in [0.5, 0.6) is 0 Å². The number of hydrogen-bond acceptors (Lipinski definition) is 2. The molecule has 0 heterocycles. The van der Waals surface area contributed by atoms with Crippen molar-refractivity contribution in [1.82, 2.24) is 0 Å². The van der Waals surface area contributed by atoms with E-state index in [1.165, 1.54) is 24.9 Å². The normalized spacial score (nSPS) is 26.6. The Morgan fingerprint density at radius 1 is 1.14 bits per heavy atom. The summed E-state index contributed by atoms with van der Waals surface area (Å²) in [5.41, 5.74) is 7.83. The molecule has 0 saturated heterocycles. The molecule has 0 amide bonds. The van der Waals surface area contributed by atoms with Crippen molar-refractivity contribution in [2.24, 2.45) is 23.0 Å². The van der Waals surface area contributed by atoms with Crippen LogP contribution in [0.2, 0.25) is 0 Å². The summed E-state index contributed by atoms with van der Waals surface area (Å²) in [4.78, 5) is 2.58. The number of nitrogens with two attached hydrogens (primary N) is 1. The van der Waals surface area contributed by atoms with Crippen molar-refractivity contribution in [2.75, 3.05) is 18.0 Å². The maximum Gasteiger partial charge on any atom is 0.0368 e.